The monoisotopic (exact) mass is 479 g/mol. The smallest absolute Gasteiger partial charge is 0.157 e. The van der Waals surface area contributed by atoms with Crippen molar-refractivity contribution in [3.63, 3.8) is 0 Å². The van der Waals surface area contributed by atoms with Gasteiger partial charge in [-0.05, 0) is 49.9 Å². The van der Waals surface area contributed by atoms with E-state index in [4.69, 9.17) is 9.47 Å². The average molecular weight is 479 g/mol. The summed E-state index contributed by atoms with van der Waals surface area (Å²) in [7, 11) is 0. The molecule has 0 amide bonds. The summed E-state index contributed by atoms with van der Waals surface area (Å²) in [6.45, 7) is 1.61. The van der Waals surface area contributed by atoms with Gasteiger partial charge in [0.2, 0.25) is 0 Å². The molecule has 4 unspecified atom stereocenters. The van der Waals surface area contributed by atoms with Crippen LogP contribution >= 0.6 is 0 Å². The van der Waals surface area contributed by atoms with E-state index in [-0.39, 0.29) is 56.5 Å². The third-order valence-corrected chi connectivity index (χ3v) is 4.62. The van der Waals surface area contributed by atoms with E-state index in [9.17, 15) is 5.11 Å². The Balaban J connectivity index is 0.00000133. The third-order valence-electron chi connectivity index (χ3n) is 4.62. The second-order valence-corrected chi connectivity index (χ2v) is 6.03. The van der Waals surface area contributed by atoms with Gasteiger partial charge in [0.15, 0.2) is 6.29 Å². The van der Waals surface area contributed by atoms with Crippen LogP contribution in [0.5, 0.6) is 0 Å². The largest absolute Gasteiger partial charge is 0.393 e. The van der Waals surface area contributed by atoms with E-state index >= 15 is 0 Å². The summed E-state index contributed by atoms with van der Waals surface area (Å²) in [6, 6.07) is 0. The van der Waals surface area contributed by atoms with Crippen LogP contribution in [0.3, 0.4) is 0 Å². The van der Waals surface area contributed by atoms with E-state index in [2.05, 4.69) is 12.2 Å². The normalized spacial score (nSPS) is 35.3. The zero-order valence-electron chi connectivity index (χ0n) is 11.5. The minimum absolute atomic E-state index is 0. The number of aliphatic hydroxyl groups excluding tert-OH is 1. The van der Waals surface area contributed by atoms with Crippen LogP contribution in [0.2, 0.25) is 0 Å². The quantitative estimate of drug-likeness (QED) is 0.617. The first kappa shape index (κ1) is 16.4. The van der Waals surface area contributed by atoms with Crippen molar-refractivity contribution in [3.8, 4) is 0 Å². The molecule has 1 radical (unpaired) electrons. The number of hydrogen-bond acceptors (Lipinski definition) is 3. The van der Waals surface area contributed by atoms with Crippen molar-refractivity contribution < 1.29 is 58.6 Å². The van der Waals surface area contributed by atoms with Crippen LogP contribution < -0.4 is 0 Å². The molecule has 19 heavy (non-hydrogen) atoms. The molecule has 3 aliphatic rings. The van der Waals surface area contributed by atoms with Crippen molar-refractivity contribution in [2.24, 2.45) is 17.8 Å². The predicted molar refractivity (Wildman–Crippen MR) is 69.0 cm³/mol. The second kappa shape index (κ2) is 7.90. The second-order valence-electron chi connectivity index (χ2n) is 6.03. The Bertz CT molecular complexity index is 302. The zero-order chi connectivity index (χ0) is 12.4. The van der Waals surface area contributed by atoms with Gasteiger partial charge in [-0.2, -0.15) is 0 Å². The number of fused-ring (bicyclic) bond motifs is 2. The third kappa shape index (κ3) is 4.51. The molecule has 0 aromatic heterocycles. The van der Waals surface area contributed by atoms with Gasteiger partial charge in [-0.1, -0.05) is 12.2 Å². The number of hydrogen-bond donors (Lipinski definition) is 1. The Morgan fingerprint density at radius 3 is 2.58 bits per heavy atom. The van der Waals surface area contributed by atoms with E-state index in [0.717, 1.165) is 50.7 Å². The molecule has 4 heteroatoms. The molecule has 0 aromatic carbocycles. The van der Waals surface area contributed by atoms with Crippen LogP contribution in [0.4, 0.5) is 0 Å². The van der Waals surface area contributed by atoms with Gasteiger partial charge in [0.25, 0.3) is 0 Å². The molecule has 1 N–H and O–H groups in total. The predicted octanol–water partition coefficient (Wildman–Crippen LogP) is 2.49. The first-order valence-electron chi connectivity index (χ1n) is 7.41. The summed E-state index contributed by atoms with van der Waals surface area (Å²) in [6.07, 6.45) is 10.7. The number of aliphatic hydroxyl groups is 1. The molecular weight excluding hydrogens is 455 g/mol. The molecule has 2 bridgehead atoms. The first-order chi connectivity index (χ1) is 8.81. The van der Waals surface area contributed by atoms with Gasteiger partial charge >= 0.3 is 0 Å². The Morgan fingerprint density at radius 2 is 1.95 bits per heavy atom. The van der Waals surface area contributed by atoms with Crippen LogP contribution in [0, 0.1) is 61.8 Å². The van der Waals surface area contributed by atoms with Crippen molar-refractivity contribution >= 4 is 0 Å². The summed E-state index contributed by atoms with van der Waals surface area (Å²) in [5.41, 5.74) is 0. The van der Waals surface area contributed by atoms with Gasteiger partial charge in [-0.25, -0.2) is 0 Å². The Kier molecular flexibility index (Phi) is 6.83. The van der Waals surface area contributed by atoms with Crippen LogP contribution in [0.1, 0.15) is 38.5 Å². The molecular formula is C15H24AcO3. The fourth-order valence-corrected chi connectivity index (χ4v) is 3.66. The maximum absolute atomic E-state index is 10.1. The molecule has 2 fully saturated rings. The van der Waals surface area contributed by atoms with Gasteiger partial charge in [0, 0.05) is 50.5 Å². The number of allylic oxidation sites excluding steroid dienone is 2. The maximum atomic E-state index is 10.1. The van der Waals surface area contributed by atoms with Gasteiger partial charge in [0.1, 0.15) is 0 Å². The molecule has 2 aliphatic carbocycles. The molecule has 3 rings (SSSR count). The molecule has 1 saturated heterocycles. The van der Waals surface area contributed by atoms with E-state index < -0.39 is 0 Å². The Labute approximate surface area is 151 Å². The summed E-state index contributed by atoms with van der Waals surface area (Å²) >= 11 is 0. The van der Waals surface area contributed by atoms with Crippen molar-refractivity contribution in [1.82, 2.24) is 0 Å². The van der Waals surface area contributed by atoms with Gasteiger partial charge in [-0.15, -0.1) is 0 Å². The summed E-state index contributed by atoms with van der Waals surface area (Å²) in [5.74, 6) is 2.26. The molecule has 1 heterocycles. The van der Waals surface area contributed by atoms with E-state index in [1.165, 1.54) is 12.8 Å². The fraction of sp³-hybridized carbons (Fsp3) is 0.867. The van der Waals surface area contributed by atoms with Crippen LogP contribution in [0.15, 0.2) is 12.2 Å². The topological polar surface area (TPSA) is 38.7 Å². The first-order valence-corrected chi connectivity index (χ1v) is 7.41. The summed E-state index contributed by atoms with van der Waals surface area (Å²) in [4.78, 5) is 0. The molecule has 0 spiro atoms. The van der Waals surface area contributed by atoms with Crippen LogP contribution in [0.25, 0.3) is 0 Å². The van der Waals surface area contributed by atoms with Gasteiger partial charge < -0.3 is 14.6 Å². The average Bonchev–Trinajstić information content (AvgIpc) is 3.00. The molecule has 105 valence electrons. The molecule has 4 atom stereocenters. The summed E-state index contributed by atoms with van der Waals surface area (Å²) < 4.78 is 11.0. The van der Waals surface area contributed by atoms with Crippen molar-refractivity contribution in [2.45, 2.75) is 50.9 Å². The standard InChI is InChI=1S/C15H24O3.Ac/c16-14(4-5-15-17-6-1-7-18-15)10-13-9-11-2-3-12(13)8-11;/h2-3,11-16H,1,4-10H2;. The SMILES string of the molecule is OC(CCC1OCCCO1)CC1CC2C=CC1C2.[Ac]. The molecule has 1 aliphatic heterocycles. The minimum Gasteiger partial charge on any atom is -0.393 e. The van der Waals surface area contributed by atoms with Crippen LogP contribution in [-0.2, 0) is 9.47 Å². The van der Waals surface area contributed by atoms with E-state index in [1.807, 2.05) is 0 Å². The van der Waals surface area contributed by atoms with Crippen molar-refractivity contribution in [3.05, 3.63) is 12.2 Å². The summed E-state index contributed by atoms with van der Waals surface area (Å²) in [5, 5.41) is 10.1. The maximum Gasteiger partial charge on any atom is 0.157 e. The van der Waals surface area contributed by atoms with E-state index in [1.54, 1.807) is 0 Å². The van der Waals surface area contributed by atoms with E-state index in [0.29, 0.717) is 5.92 Å². The minimum atomic E-state index is -0.183. The Hall–Kier alpha value is 1.06. The number of ether oxygens (including phenoxy) is 2. The zero-order valence-corrected chi connectivity index (χ0v) is 16.3. The Morgan fingerprint density at radius 1 is 1.16 bits per heavy atom. The number of rotatable bonds is 5. The van der Waals surface area contributed by atoms with Gasteiger partial charge in [0.05, 0.1) is 19.3 Å². The molecule has 3 nitrogen and oxygen atoms in total. The van der Waals surface area contributed by atoms with Crippen molar-refractivity contribution in [2.75, 3.05) is 13.2 Å². The fourth-order valence-electron chi connectivity index (χ4n) is 3.66. The molecule has 0 aromatic rings. The van der Waals surface area contributed by atoms with Crippen LogP contribution in [-0.4, -0.2) is 30.7 Å². The molecule has 1 saturated carbocycles. The van der Waals surface area contributed by atoms with Crippen molar-refractivity contribution in [1.29, 1.82) is 0 Å². The van der Waals surface area contributed by atoms with Gasteiger partial charge in [-0.3, -0.25) is 0 Å².